The molecule has 2 aromatic rings. The molecule has 0 saturated heterocycles. The van der Waals surface area contributed by atoms with E-state index >= 15 is 0 Å². The Balaban J connectivity index is 1.96. The number of hydrogen-bond acceptors (Lipinski definition) is 6. The van der Waals surface area contributed by atoms with Gasteiger partial charge < -0.3 is 24.3 Å². The molecule has 0 atom stereocenters. The van der Waals surface area contributed by atoms with Crippen LogP contribution in [0, 0.1) is 5.92 Å². The van der Waals surface area contributed by atoms with Crippen molar-refractivity contribution in [3.63, 3.8) is 0 Å². The molecule has 1 N–H and O–H groups in total. The van der Waals surface area contributed by atoms with Crippen LogP contribution in [-0.2, 0) is 9.53 Å². The van der Waals surface area contributed by atoms with Crippen LogP contribution < -0.4 is 19.5 Å². The summed E-state index contributed by atoms with van der Waals surface area (Å²) < 4.78 is 21.2. The van der Waals surface area contributed by atoms with Crippen molar-refractivity contribution in [2.45, 2.75) is 13.8 Å². The zero-order chi connectivity index (χ0) is 20.5. The predicted molar refractivity (Wildman–Crippen MR) is 105 cm³/mol. The highest BCUT2D eigenvalue weighted by Gasteiger charge is 2.15. The van der Waals surface area contributed by atoms with Crippen molar-refractivity contribution >= 4 is 17.6 Å². The zero-order valence-corrected chi connectivity index (χ0v) is 16.5. The lowest BCUT2D eigenvalue weighted by Crippen LogP contribution is -2.21. The number of hydrogen-bond donors (Lipinski definition) is 1. The van der Waals surface area contributed by atoms with Crippen LogP contribution >= 0.6 is 0 Å². The number of ether oxygens (including phenoxy) is 4. The molecule has 2 aromatic carbocycles. The van der Waals surface area contributed by atoms with Crippen LogP contribution in [0.4, 0.5) is 5.69 Å². The quantitative estimate of drug-likeness (QED) is 0.663. The fraction of sp³-hybridized carbons (Fsp3) is 0.333. The van der Waals surface area contributed by atoms with Crippen molar-refractivity contribution < 1.29 is 28.5 Å². The molecular formula is C21H25NO6. The predicted octanol–water partition coefficient (Wildman–Crippen LogP) is 3.53. The Hall–Kier alpha value is -3.22. The molecule has 0 fully saturated rings. The molecule has 2 rings (SSSR count). The summed E-state index contributed by atoms with van der Waals surface area (Å²) in [5.41, 5.74) is 0.762. The van der Waals surface area contributed by atoms with Gasteiger partial charge in [0.15, 0.2) is 18.1 Å². The van der Waals surface area contributed by atoms with Crippen molar-refractivity contribution in [3.05, 3.63) is 48.0 Å². The lowest BCUT2D eigenvalue weighted by atomic mass is 10.2. The van der Waals surface area contributed by atoms with Crippen LogP contribution in [0.1, 0.15) is 24.2 Å². The number of methoxy groups -OCH3 is 2. The Morgan fingerprint density at radius 2 is 1.68 bits per heavy atom. The van der Waals surface area contributed by atoms with E-state index in [1.54, 1.807) is 36.4 Å². The largest absolute Gasteiger partial charge is 0.495 e. The minimum Gasteiger partial charge on any atom is -0.495 e. The first-order valence-electron chi connectivity index (χ1n) is 8.85. The summed E-state index contributed by atoms with van der Waals surface area (Å²) in [6, 6.07) is 11.7. The number of benzene rings is 2. The number of anilines is 1. The van der Waals surface area contributed by atoms with Crippen LogP contribution in [0.3, 0.4) is 0 Å². The molecule has 0 radical (unpaired) electrons. The Kier molecular flexibility index (Phi) is 7.68. The second-order valence-electron chi connectivity index (χ2n) is 6.40. The van der Waals surface area contributed by atoms with Crippen LogP contribution in [0.5, 0.6) is 17.2 Å². The molecule has 1 amide bonds. The van der Waals surface area contributed by atoms with E-state index in [2.05, 4.69) is 5.32 Å². The fourth-order valence-corrected chi connectivity index (χ4v) is 2.32. The van der Waals surface area contributed by atoms with Crippen LogP contribution in [0.2, 0.25) is 0 Å². The average Bonchev–Trinajstić information content (AvgIpc) is 2.70. The third kappa shape index (κ3) is 5.90. The lowest BCUT2D eigenvalue weighted by Gasteiger charge is -2.13. The molecule has 0 aliphatic heterocycles. The minimum atomic E-state index is -0.635. The zero-order valence-electron chi connectivity index (χ0n) is 16.5. The van der Waals surface area contributed by atoms with E-state index in [4.69, 9.17) is 18.9 Å². The molecule has 0 aliphatic rings. The van der Waals surface area contributed by atoms with E-state index in [1.165, 1.54) is 20.3 Å². The highest BCUT2D eigenvalue weighted by molar-refractivity contribution is 5.96. The second-order valence-corrected chi connectivity index (χ2v) is 6.40. The molecule has 0 bridgehead atoms. The van der Waals surface area contributed by atoms with Crippen molar-refractivity contribution in [2.24, 2.45) is 5.92 Å². The molecular weight excluding hydrogens is 362 g/mol. The van der Waals surface area contributed by atoms with E-state index in [9.17, 15) is 9.59 Å². The number of esters is 1. The molecule has 0 spiro atoms. The van der Waals surface area contributed by atoms with Gasteiger partial charge in [-0.2, -0.15) is 0 Å². The van der Waals surface area contributed by atoms with Gasteiger partial charge in [-0.25, -0.2) is 4.79 Å². The first-order valence-corrected chi connectivity index (χ1v) is 8.85. The average molecular weight is 387 g/mol. The number of carbonyl (C=O) groups excluding carboxylic acids is 2. The molecule has 28 heavy (non-hydrogen) atoms. The monoisotopic (exact) mass is 387 g/mol. The number of para-hydroxylation sites is 2. The maximum absolute atomic E-state index is 12.2. The first-order chi connectivity index (χ1) is 13.4. The second kappa shape index (κ2) is 10.2. The topological polar surface area (TPSA) is 83.1 Å². The smallest absolute Gasteiger partial charge is 0.338 e. The maximum Gasteiger partial charge on any atom is 0.338 e. The normalized spacial score (nSPS) is 10.3. The van der Waals surface area contributed by atoms with Gasteiger partial charge in [0.2, 0.25) is 0 Å². The summed E-state index contributed by atoms with van der Waals surface area (Å²) in [6.07, 6.45) is 0. The molecule has 0 unspecified atom stereocenters. The molecule has 0 aromatic heterocycles. The molecule has 0 heterocycles. The van der Waals surface area contributed by atoms with E-state index in [0.717, 1.165) is 0 Å². The Morgan fingerprint density at radius 3 is 2.36 bits per heavy atom. The summed E-state index contributed by atoms with van der Waals surface area (Å²) in [4.78, 5) is 24.3. The summed E-state index contributed by atoms with van der Waals surface area (Å²) in [6.45, 7) is 4.18. The lowest BCUT2D eigenvalue weighted by molar-refractivity contribution is -0.119. The molecule has 7 nitrogen and oxygen atoms in total. The van der Waals surface area contributed by atoms with Gasteiger partial charge in [-0.3, -0.25) is 4.79 Å². The molecule has 0 aliphatic carbocycles. The van der Waals surface area contributed by atoms with Gasteiger partial charge in [0.05, 0.1) is 32.1 Å². The number of amides is 1. The van der Waals surface area contributed by atoms with Gasteiger partial charge in [0.1, 0.15) is 5.75 Å². The molecule has 7 heteroatoms. The highest BCUT2D eigenvalue weighted by atomic mass is 16.5. The first kappa shape index (κ1) is 21.1. The summed E-state index contributed by atoms with van der Waals surface area (Å²) in [7, 11) is 3.00. The van der Waals surface area contributed by atoms with E-state index < -0.39 is 18.5 Å². The van der Waals surface area contributed by atoms with Crippen LogP contribution in [0.25, 0.3) is 0 Å². The highest BCUT2D eigenvalue weighted by Crippen LogP contribution is 2.29. The third-order valence-corrected chi connectivity index (χ3v) is 3.69. The Bertz CT molecular complexity index is 818. The van der Waals surface area contributed by atoms with E-state index in [1.807, 2.05) is 13.8 Å². The van der Waals surface area contributed by atoms with Gasteiger partial charge in [-0.05, 0) is 36.2 Å². The van der Waals surface area contributed by atoms with Crippen molar-refractivity contribution in [3.8, 4) is 17.2 Å². The van der Waals surface area contributed by atoms with Gasteiger partial charge >= 0.3 is 5.97 Å². The summed E-state index contributed by atoms with van der Waals surface area (Å²) in [5, 5.41) is 2.64. The van der Waals surface area contributed by atoms with Gasteiger partial charge in [-0.1, -0.05) is 26.0 Å². The number of carbonyl (C=O) groups is 2. The minimum absolute atomic E-state index is 0.263. The van der Waals surface area contributed by atoms with Crippen LogP contribution in [-0.4, -0.2) is 39.3 Å². The Labute approximate surface area is 164 Å². The van der Waals surface area contributed by atoms with E-state index in [-0.39, 0.29) is 5.56 Å². The Morgan fingerprint density at radius 1 is 0.964 bits per heavy atom. The van der Waals surface area contributed by atoms with Gasteiger partial charge in [0, 0.05) is 0 Å². The maximum atomic E-state index is 12.2. The third-order valence-electron chi connectivity index (χ3n) is 3.69. The van der Waals surface area contributed by atoms with Crippen molar-refractivity contribution in [1.82, 2.24) is 0 Å². The number of nitrogens with one attached hydrogen (secondary N) is 1. The standard InChI is InChI=1S/C21H25NO6/c1-14(2)12-27-18-10-9-15(11-19(18)26-4)21(24)28-13-20(23)22-16-7-5-6-8-17(16)25-3/h5-11,14H,12-13H2,1-4H3,(H,22,23). The summed E-state index contributed by atoms with van der Waals surface area (Å²) in [5.74, 6) is 0.737. The van der Waals surface area contributed by atoms with Crippen LogP contribution in [0.15, 0.2) is 42.5 Å². The molecule has 150 valence electrons. The van der Waals surface area contributed by atoms with Gasteiger partial charge in [0.25, 0.3) is 5.91 Å². The number of rotatable bonds is 9. The fourth-order valence-electron chi connectivity index (χ4n) is 2.32. The van der Waals surface area contributed by atoms with Crippen molar-refractivity contribution in [1.29, 1.82) is 0 Å². The van der Waals surface area contributed by atoms with Crippen molar-refractivity contribution in [2.75, 3.05) is 32.8 Å². The summed E-state index contributed by atoms with van der Waals surface area (Å²) >= 11 is 0. The van der Waals surface area contributed by atoms with Gasteiger partial charge in [-0.15, -0.1) is 0 Å². The van der Waals surface area contributed by atoms with E-state index in [0.29, 0.717) is 35.5 Å². The SMILES string of the molecule is COc1ccccc1NC(=O)COC(=O)c1ccc(OCC(C)C)c(OC)c1. The molecule has 0 saturated carbocycles.